The van der Waals surface area contributed by atoms with Gasteiger partial charge in [0.05, 0.1) is 0 Å². The second-order valence-electron chi connectivity index (χ2n) is 7.25. The van der Waals surface area contributed by atoms with Gasteiger partial charge >= 0.3 is 6.36 Å². The van der Waals surface area contributed by atoms with E-state index in [2.05, 4.69) is 42.2 Å². The fourth-order valence-electron chi connectivity index (χ4n) is 3.20. The van der Waals surface area contributed by atoms with Gasteiger partial charge in [0.1, 0.15) is 11.6 Å². The van der Waals surface area contributed by atoms with Crippen LogP contribution in [0.25, 0.3) is 0 Å². The Bertz CT molecular complexity index is 864. The third-order valence-electron chi connectivity index (χ3n) is 4.96. The van der Waals surface area contributed by atoms with E-state index in [1.54, 1.807) is 19.2 Å². The molecule has 3 rings (SSSR count). The van der Waals surface area contributed by atoms with E-state index in [0.717, 1.165) is 37.6 Å². The number of aromatic nitrogens is 1. The Labute approximate surface area is 179 Å². The lowest BCUT2D eigenvalue weighted by Gasteiger charge is -2.33. The maximum atomic E-state index is 12.6. The van der Waals surface area contributed by atoms with Crippen LogP contribution in [-0.2, 0) is 13.1 Å². The number of aliphatic imine (C=N–C) groups is 1. The van der Waals surface area contributed by atoms with Gasteiger partial charge in [-0.15, -0.1) is 13.2 Å². The Kier molecular flexibility index (Phi) is 7.56. The highest BCUT2D eigenvalue weighted by atomic mass is 19.4. The number of halogens is 3. The number of nitrogens with zero attached hydrogens (tertiary/aromatic N) is 4. The van der Waals surface area contributed by atoms with Crippen LogP contribution >= 0.6 is 0 Å². The standard InChI is InChI=1S/C21H27F3N6O/c1-25-20(28-15-17-5-3-4-6-18(17)31-21(22,23)24)27-14-16-7-8-19(26-13-16)30-11-9-29(2)10-12-30/h3-8,13H,9-12,14-15H2,1-2H3,(H2,25,27,28). The average molecular weight is 436 g/mol. The maximum absolute atomic E-state index is 12.6. The number of hydrogen-bond acceptors (Lipinski definition) is 5. The summed E-state index contributed by atoms with van der Waals surface area (Å²) >= 11 is 0. The van der Waals surface area contributed by atoms with Crippen LogP contribution in [0.2, 0.25) is 0 Å². The molecular formula is C21H27F3N6O. The molecule has 0 unspecified atom stereocenters. The molecule has 2 N–H and O–H groups in total. The summed E-state index contributed by atoms with van der Waals surface area (Å²) < 4.78 is 41.8. The molecule has 0 saturated carbocycles. The van der Waals surface area contributed by atoms with E-state index in [4.69, 9.17) is 0 Å². The molecule has 0 bridgehead atoms. The number of nitrogens with one attached hydrogen (secondary N) is 2. The zero-order chi connectivity index (χ0) is 22.3. The number of rotatable bonds is 6. The molecule has 2 aromatic rings. The molecule has 0 aliphatic carbocycles. The number of anilines is 1. The van der Waals surface area contributed by atoms with Crippen molar-refractivity contribution in [2.24, 2.45) is 4.99 Å². The number of alkyl halides is 3. The number of para-hydroxylation sites is 1. The highest BCUT2D eigenvalue weighted by molar-refractivity contribution is 5.79. The van der Waals surface area contributed by atoms with E-state index < -0.39 is 6.36 Å². The zero-order valence-electron chi connectivity index (χ0n) is 17.6. The largest absolute Gasteiger partial charge is 0.573 e. The van der Waals surface area contributed by atoms with Gasteiger partial charge in [-0.1, -0.05) is 24.3 Å². The summed E-state index contributed by atoms with van der Waals surface area (Å²) in [6, 6.07) is 10.0. The van der Waals surface area contributed by atoms with Crippen molar-refractivity contribution in [1.82, 2.24) is 20.5 Å². The van der Waals surface area contributed by atoms with Gasteiger partial charge < -0.3 is 25.2 Å². The Morgan fingerprint density at radius 1 is 1.06 bits per heavy atom. The average Bonchev–Trinajstić information content (AvgIpc) is 2.75. The number of piperazine rings is 1. The first-order valence-electron chi connectivity index (χ1n) is 10.0. The Morgan fingerprint density at radius 2 is 1.77 bits per heavy atom. The quantitative estimate of drug-likeness (QED) is 0.536. The molecule has 1 aliphatic rings. The maximum Gasteiger partial charge on any atom is 0.573 e. The van der Waals surface area contributed by atoms with Gasteiger partial charge in [0.2, 0.25) is 0 Å². The van der Waals surface area contributed by atoms with Crippen molar-refractivity contribution in [2.45, 2.75) is 19.5 Å². The molecule has 1 saturated heterocycles. The molecule has 10 heteroatoms. The van der Waals surface area contributed by atoms with E-state index in [9.17, 15) is 13.2 Å². The predicted octanol–water partition coefficient (Wildman–Crippen LogP) is 2.60. The topological polar surface area (TPSA) is 65.0 Å². The molecule has 0 amide bonds. The van der Waals surface area contributed by atoms with Gasteiger partial charge in [0.15, 0.2) is 5.96 Å². The lowest BCUT2D eigenvalue weighted by Crippen LogP contribution is -2.44. The molecule has 7 nitrogen and oxygen atoms in total. The van der Waals surface area contributed by atoms with Crippen LogP contribution in [0.5, 0.6) is 5.75 Å². The predicted molar refractivity (Wildman–Crippen MR) is 114 cm³/mol. The van der Waals surface area contributed by atoms with Gasteiger partial charge in [-0.25, -0.2) is 4.98 Å². The van der Waals surface area contributed by atoms with Crippen molar-refractivity contribution in [2.75, 3.05) is 45.2 Å². The third-order valence-corrected chi connectivity index (χ3v) is 4.96. The van der Waals surface area contributed by atoms with E-state index in [1.165, 1.54) is 12.1 Å². The Hall–Kier alpha value is -3.01. The van der Waals surface area contributed by atoms with Gasteiger partial charge in [0.25, 0.3) is 0 Å². The first-order valence-corrected chi connectivity index (χ1v) is 10.0. The number of ether oxygens (including phenoxy) is 1. The Morgan fingerprint density at radius 3 is 2.42 bits per heavy atom. The Balaban J connectivity index is 1.51. The smallest absolute Gasteiger partial charge is 0.405 e. The minimum Gasteiger partial charge on any atom is -0.405 e. The lowest BCUT2D eigenvalue weighted by atomic mass is 10.2. The molecule has 1 aliphatic heterocycles. The van der Waals surface area contributed by atoms with Crippen LogP contribution in [0.1, 0.15) is 11.1 Å². The number of hydrogen-bond donors (Lipinski definition) is 2. The SMILES string of the molecule is CN=C(NCc1ccc(N2CCN(C)CC2)nc1)NCc1ccccc1OC(F)(F)F. The van der Waals surface area contributed by atoms with E-state index in [-0.39, 0.29) is 12.3 Å². The van der Waals surface area contributed by atoms with Crippen molar-refractivity contribution in [3.63, 3.8) is 0 Å². The first-order chi connectivity index (χ1) is 14.8. The summed E-state index contributed by atoms with van der Waals surface area (Å²) in [6.07, 6.45) is -2.92. The van der Waals surface area contributed by atoms with Crippen molar-refractivity contribution in [3.8, 4) is 5.75 Å². The van der Waals surface area contributed by atoms with Crippen LogP contribution in [0.3, 0.4) is 0 Å². The van der Waals surface area contributed by atoms with Gasteiger partial charge in [0, 0.05) is 58.1 Å². The summed E-state index contributed by atoms with van der Waals surface area (Å²) in [5, 5.41) is 6.15. The highest BCUT2D eigenvalue weighted by Gasteiger charge is 2.31. The molecule has 2 heterocycles. The molecular weight excluding hydrogens is 409 g/mol. The summed E-state index contributed by atoms with van der Waals surface area (Å²) in [7, 11) is 3.71. The van der Waals surface area contributed by atoms with Crippen LogP contribution < -0.4 is 20.3 Å². The second-order valence-corrected chi connectivity index (χ2v) is 7.25. The summed E-state index contributed by atoms with van der Waals surface area (Å²) in [6.45, 7) is 4.56. The second kappa shape index (κ2) is 10.3. The molecule has 1 aromatic carbocycles. The number of pyridine rings is 1. The van der Waals surface area contributed by atoms with Crippen LogP contribution in [0.15, 0.2) is 47.6 Å². The van der Waals surface area contributed by atoms with Crippen LogP contribution in [0.4, 0.5) is 19.0 Å². The monoisotopic (exact) mass is 436 g/mol. The first kappa shape index (κ1) is 22.7. The molecule has 1 fully saturated rings. The normalized spacial score (nSPS) is 15.6. The molecule has 31 heavy (non-hydrogen) atoms. The van der Waals surface area contributed by atoms with Crippen LogP contribution in [0, 0.1) is 0 Å². The van der Waals surface area contributed by atoms with Gasteiger partial charge in [-0.2, -0.15) is 0 Å². The van der Waals surface area contributed by atoms with Crippen molar-refractivity contribution >= 4 is 11.8 Å². The summed E-state index contributed by atoms with van der Waals surface area (Å²) in [4.78, 5) is 13.2. The van der Waals surface area contributed by atoms with Crippen molar-refractivity contribution in [3.05, 3.63) is 53.7 Å². The number of likely N-dealkylation sites (N-methyl/N-ethyl adjacent to an activating group) is 1. The number of guanidine groups is 1. The lowest BCUT2D eigenvalue weighted by molar-refractivity contribution is -0.274. The zero-order valence-corrected chi connectivity index (χ0v) is 17.6. The summed E-state index contributed by atoms with van der Waals surface area (Å²) in [5.41, 5.74) is 1.35. The molecule has 0 atom stereocenters. The molecule has 0 spiro atoms. The third kappa shape index (κ3) is 7.02. The number of benzene rings is 1. The molecule has 168 valence electrons. The van der Waals surface area contributed by atoms with Crippen molar-refractivity contribution in [1.29, 1.82) is 0 Å². The minimum atomic E-state index is -4.74. The highest BCUT2D eigenvalue weighted by Crippen LogP contribution is 2.26. The van der Waals surface area contributed by atoms with Crippen molar-refractivity contribution < 1.29 is 17.9 Å². The fraction of sp³-hybridized carbons (Fsp3) is 0.429. The van der Waals surface area contributed by atoms with Crippen LogP contribution in [-0.4, -0.2) is 62.5 Å². The summed E-state index contributed by atoms with van der Waals surface area (Å²) in [5.74, 6) is 1.19. The van der Waals surface area contributed by atoms with E-state index >= 15 is 0 Å². The van der Waals surface area contributed by atoms with E-state index in [0.29, 0.717) is 18.1 Å². The van der Waals surface area contributed by atoms with Gasteiger partial charge in [-0.3, -0.25) is 4.99 Å². The molecule has 0 radical (unpaired) electrons. The minimum absolute atomic E-state index is 0.131. The van der Waals surface area contributed by atoms with E-state index in [1.807, 2.05) is 18.3 Å². The van der Waals surface area contributed by atoms with Gasteiger partial charge in [-0.05, 0) is 24.7 Å². The molecule has 1 aromatic heterocycles. The fourth-order valence-corrected chi connectivity index (χ4v) is 3.20.